The summed E-state index contributed by atoms with van der Waals surface area (Å²) in [5, 5.41) is 0. The minimum atomic E-state index is -0.282. The lowest BCUT2D eigenvalue weighted by molar-refractivity contribution is -0.120. The molecule has 0 fully saturated rings. The SMILES string of the molecule is Cc1cccc(C2C3=C(CC(C)(C)CC3=O)OC3=C2C(=O)CC(C)(C)C3)c1. The summed E-state index contributed by atoms with van der Waals surface area (Å²) < 4.78 is 6.31. The zero-order valence-corrected chi connectivity index (χ0v) is 16.9. The Morgan fingerprint density at radius 2 is 1.37 bits per heavy atom. The van der Waals surface area contributed by atoms with E-state index in [1.165, 1.54) is 0 Å². The van der Waals surface area contributed by atoms with Crippen LogP contribution >= 0.6 is 0 Å². The van der Waals surface area contributed by atoms with E-state index in [1.54, 1.807) is 0 Å². The van der Waals surface area contributed by atoms with Crippen LogP contribution in [0, 0.1) is 17.8 Å². The quantitative estimate of drug-likeness (QED) is 0.670. The van der Waals surface area contributed by atoms with Crippen LogP contribution in [-0.4, -0.2) is 11.6 Å². The molecular weight excluding hydrogens is 336 g/mol. The largest absolute Gasteiger partial charge is 0.465 e. The molecule has 0 aromatic heterocycles. The number of aryl methyl sites for hydroxylation is 1. The topological polar surface area (TPSA) is 43.4 Å². The molecule has 4 rings (SSSR count). The van der Waals surface area contributed by atoms with Gasteiger partial charge in [0.25, 0.3) is 0 Å². The van der Waals surface area contributed by atoms with Crippen LogP contribution in [0.5, 0.6) is 0 Å². The first-order chi connectivity index (χ1) is 12.6. The molecular formula is C24H28O3. The molecule has 0 amide bonds. The van der Waals surface area contributed by atoms with E-state index >= 15 is 0 Å². The lowest BCUT2D eigenvalue weighted by Crippen LogP contribution is -2.37. The van der Waals surface area contributed by atoms with E-state index in [9.17, 15) is 9.59 Å². The summed E-state index contributed by atoms with van der Waals surface area (Å²) in [6, 6.07) is 8.20. The van der Waals surface area contributed by atoms with Gasteiger partial charge in [-0.15, -0.1) is 0 Å². The molecule has 0 unspecified atom stereocenters. The van der Waals surface area contributed by atoms with Crippen LogP contribution in [-0.2, 0) is 14.3 Å². The maximum atomic E-state index is 13.1. The summed E-state index contributed by atoms with van der Waals surface area (Å²) in [5.74, 6) is 1.53. The molecule has 2 aliphatic carbocycles. The molecule has 27 heavy (non-hydrogen) atoms. The van der Waals surface area contributed by atoms with Crippen molar-refractivity contribution in [2.75, 3.05) is 0 Å². The number of hydrogen-bond acceptors (Lipinski definition) is 3. The van der Waals surface area contributed by atoms with Gasteiger partial charge in [0.15, 0.2) is 11.6 Å². The van der Waals surface area contributed by atoms with Crippen LogP contribution in [0.15, 0.2) is 46.9 Å². The van der Waals surface area contributed by atoms with E-state index in [2.05, 4.69) is 33.8 Å². The second kappa shape index (κ2) is 5.92. The van der Waals surface area contributed by atoms with Crippen molar-refractivity contribution in [1.82, 2.24) is 0 Å². The Morgan fingerprint density at radius 1 is 0.852 bits per heavy atom. The fraction of sp³-hybridized carbons (Fsp3) is 0.500. The third kappa shape index (κ3) is 3.18. The summed E-state index contributed by atoms with van der Waals surface area (Å²) in [5.41, 5.74) is 3.37. The van der Waals surface area contributed by atoms with Crippen molar-refractivity contribution >= 4 is 11.6 Å². The van der Waals surface area contributed by atoms with Crippen molar-refractivity contribution in [3.05, 3.63) is 58.1 Å². The predicted molar refractivity (Wildman–Crippen MR) is 105 cm³/mol. The first-order valence-electron chi connectivity index (χ1n) is 9.83. The van der Waals surface area contributed by atoms with E-state index in [1.807, 2.05) is 25.1 Å². The second-order valence-corrected chi connectivity index (χ2v) is 10.0. The highest BCUT2D eigenvalue weighted by atomic mass is 16.5. The van der Waals surface area contributed by atoms with Gasteiger partial charge in [-0.05, 0) is 23.3 Å². The summed E-state index contributed by atoms with van der Waals surface area (Å²) in [7, 11) is 0. The number of benzene rings is 1. The number of carbonyl (C=O) groups excluding carboxylic acids is 2. The maximum absolute atomic E-state index is 13.1. The summed E-state index contributed by atoms with van der Waals surface area (Å²) in [6.07, 6.45) is 2.48. The molecule has 1 aromatic rings. The monoisotopic (exact) mass is 364 g/mol. The van der Waals surface area contributed by atoms with Crippen molar-refractivity contribution in [3.8, 4) is 0 Å². The molecule has 0 spiro atoms. The number of hydrogen-bond donors (Lipinski definition) is 0. The standard InChI is InChI=1S/C24H28O3/c1-14-7-6-8-15(9-14)20-21-16(25)10-23(2,3)12-18(21)27-19-13-24(4,5)11-17(26)22(19)20/h6-9,20H,10-13H2,1-5H3. The van der Waals surface area contributed by atoms with Crippen LogP contribution in [0.25, 0.3) is 0 Å². The van der Waals surface area contributed by atoms with E-state index in [-0.39, 0.29) is 28.3 Å². The van der Waals surface area contributed by atoms with Crippen molar-refractivity contribution in [2.24, 2.45) is 10.8 Å². The van der Waals surface area contributed by atoms with Gasteiger partial charge in [-0.25, -0.2) is 0 Å². The van der Waals surface area contributed by atoms with Gasteiger partial charge in [0.1, 0.15) is 11.5 Å². The molecule has 3 heteroatoms. The molecule has 0 radical (unpaired) electrons. The summed E-state index contributed by atoms with van der Waals surface area (Å²) >= 11 is 0. The first kappa shape index (κ1) is 18.2. The average molecular weight is 364 g/mol. The molecule has 3 nitrogen and oxygen atoms in total. The third-order valence-electron chi connectivity index (χ3n) is 5.96. The van der Waals surface area contributed by atoms with Crippen molar-refractivity contribution < 1.29 is 14.3 Å². The highest BCUT2D eigenvalue weighted by molar-refractivity contribution is 6.06. The van der Waals surface area contributed by atoms with E-state index < -0.39 is 0 Å². The number of ether oxygens (including phenoxy) is 1. The third-order valence-corrected chi connectivity index (χ3v) is 5.96. The van der Waals surface area contributed by atoms with E-state index in [0.29, 0.717) is 24.0 Å². The van der Waals surface area contributed by atoms with Crippen molar-refractivity contribution in [1.29, 1.82) is 0 Å². The molecule has 0 saturated carbocycles. The van der Waals surface area contributed by atoms with Crippen LogP contribution in [0.3, 0.4) is 0 Å². The first-order valence-corrected chi connectivity index (χ1v) is 9.83. The van der Waals surface area contributed by atoms with Crippen molar-refractivity contribution in [3.63, 3.8) is 0 Å². The fourth-order valence-corrected chi connectivity index (χ4v) is 4.86. The highest BCUT2D eigenvalue weighted by Crippen LogP contribution is 2.53. The van der Waals surface area contributed by atoms with Crippen LogP contribution in [0.2, 0.25) is 0 Å². The van der Waals surface area contributed by atoms with Crippen molar-refractivity contribution in [2.45, 2.75) is 66.2 Å². The van der Waals surface area contributed by atoms with Crippen LogP contribution in [0.1, 0.15) is 70.4 Å². The molecule has 3 aliphatic rings. The van der Waals surface area contributed by atoms with Gasteiger partial charge in [0.05, 0.1) is 0 Å². The molecule has 0 atom stereocenters. The predicted octanol–water partition coefficient (Wildman–Crippen LogP) is 5.40. The molecule has 142 valence electrons. The Labute approximate surface area is 161 Å². The number of Topliss-reactive ketones (excluding diaryl/α,β-unsaturated/α-hetero) is 2. The molecule has 0 saturated heterocycles. The van der Waals surface area contributed by atoms with Crippen LogP contribution in [0.4, 0.5) is 0 Å². The number of carbonyl (C=O) groups is 2. The highest BCUT2D eigenvalue weighted by Gasteiger charge is 2.47. The Kier molecular flexibility index (Phi) is 3.99. The Hall–Kier alpha value is -2.16. The lowest BCUT2D eigenvalue weighted by atomic mass is 9.65. The van der Waals surface area contributed by atoms with Gasteiger partial charge in [-0.3, -0.25) is 9.59 Å². The van der Waals surface area contributed by atoms with Gasteiger partial charge >= 0.3 is 0 Å². The Morgan fingerprint density at radius 3 is 1.85 bits per heavy atom. The number of allylic oxidation sites excluding steroid dienone is 4. The maximum Gasteiger partial charge on any atom is 0.163 e. The van der Waals surface area contributed by atoms with Gasteiger partial charge < -0.3 is 4.74 Å². The fourth-order valence-electron chi connectivity index (χ4n) is 4.86. The van der Waals surface area contributed by atoms with Gasteiger partial charge in [-0.2, -0.15) is 0 Å². The minimum absolute atomic E-state index is 0.112. The molecule has 1 heterocycles. The Balaban J connectivity index is 1.92. The zero-order chi connectivity index (χ0) is 19.6. The number of ketones is 2. The minimum Gasteiger partial charge on any atom is -0.465 e. The van der Waals surface area contributed by atoms with E-state index in [0.717, 1.165) is 35.5 Å². The van der Waals surface area contributed by atoms with Gasteiger partial charge in [0, 0.05) is 42.7 Å². The zero-order valence-electron chi connectivity index (χ0n) is 16.9. The molecule has 0 bridgehead atoms. The second-order valence-electron chi connectivity index (χ2n) is 10.0. The smallest absolute Gasteiger partial charge is 0.163 e. The van der Waals surface area contributed by atoms with Crippen LogP contribution < -0.4 is 0 Å². The van der Waals surface area contributed by atoms with Gasteiger partial charge in [-0.1, -0.05) is 57.5 Å². The molecule has 1 aliphatic heterocycles. The summed E-state index contributed by atoms with van der Waals surface area (Å²) in [4.78, 5) is 26.3. The Bertz CT molecular complexity index is 859. The average Bonchev–Trinajstić information content (AvgIpc) is 2.50. The molecule has 1 aromatic carbocycles. The summed E-state index contributed by atoms with van der Waals surface area (Å²) in [6.45, 7) is 10.5. The van der Waals surface area contributed by atoms with E-state index in [4.69, 9.17) is 4.74 Å². The number of rotatable bonds is 1. The normalized spacial score (nSPS) is 24.5. The lowest BCUT2D eigenvalue weighted by Gasteiger charge is -2.42. The molecule has 0 N–H and O–H groups in total. The van der Waals surface area contributed by atoms with Gasteiger partial charge in [0.2, 0.25) is 0 Å².